The average Bonchev–Trinajstić information content (AvgIpc) is 2.65. The lowest BCUT2D eigenvalue weighted by atomic mass is 9.90. The van der Waals surface area contributed by atoms with Gasteiger partial charge >= 0.3 is 0 Å². The fraction of sp³-hybridized carbons (Fsp3) is 0.650. The molecule has 5 heteroatoms. The van der Waals surface area contributed by atoms with E-state index >= 15 is 0 Å². The zero-order valence-corrected chi connectivity index (χ0v) is 14.8. The number of halogens is 1. The van der Waals surface area contributed by atoms with Crippen molar-refractivity contribution >= 4 is 5.91 Å². The second-order valence-corrected chi connectivity index (χ2v) is 7.12. The minimum Gasteiger partial charge on any atom is -0.376 e. The smallest absolute Gasteiger partial charge is 0.248 e. The molecular formula is C20H28FNO3. The maximum atomic E-state index is 13.8. The van der Waals surface area contributed by atoms with Gasteiger partial charge in [-0.3, -0.25) is 4.79 Å². The van der Waals surface area contributed by atoms with Crippen LogP contribution in [-0.2, 0) is 20.7 Å². The molecule has 1 atom stereocenters. The molecule has 138 valence electrons. The third-order valence-electron chi connectivity index (χ3n) is 5.24. The Morgan fingerprint density at radius 3 is 2.72 bits per heavy atom. The zero-order chi connectivity index (χ0) is 17.5. The lowest BCUT2D eigenvalue weighted by Crippen LogP contribution is -2.41. The summed E-state index contributed by atoms with van der Waals surface area (Å²) in [5.41, 5.74) is 0.781. The van der Waals surface area contributed by atoms with Crippen LogP contribution in [0.1, 0.15) is 37.7 Å². The molecule has 2 fully saturated rings. The lowest BCUT2D eigenvalue weighted by molar-refractivity contribution is -0.139. The van der Waals surface area contributed by atoms with Crippen LogP contribution in [0, 0.1) is 11.7 Å². The molecule has 0 aliphatic carbocycles. The van der Waals surface area contributed by atoms with E-state index in [4.69, 9.17) is 9.47 Å². The number of hydrogen-bond acceptors (Lipinski definition) is 3. The van der Waals surface area contributed by atoms with Crippen LogP contribution >= 0.6 is 0 Å². The maximum Gasteiger partial charge on any atom is 0.248 e. The van der Waals surface area contributed by atoms with Crippen LogP contribution in [0.5, 0.6) is 0 Å². The van der Waals surface area contributed by atoms with Gasteiger partial charge < -0.3 is 14.4 Å². The fourth-order valence-electron chi connectivity index (χ4n) is 3.67. The number of piperidine rings is 1. The third kappa shape index (κ3) is 5.51. The minimum atomic E-state index is -0.126. The molecule has 1 amide bonds. The van der Waals surface area contributed by atoms with E-state index in [-0.39, 0.29) is 24.4 Å². The highest BCUT2D eigenvalue weighted by Crippen LogP contribution is 2.23. The van der Waals surface area contributed by atoms with Gasteiger partial charge in [-0.2, -0.15) is 0 Å². The molecule has 0 bridgehead atoms. The molecule has 3 rings (SSSR count). The number of ether oxygens (including phenoxy) is 2. The van der Waals surface area contributed by atoms with E-state index in [0.29, 0.717) is 12.5 Å². The Morgan fingerprint density at radius 2 is 2.00 bits per heavy atom. The average molecular weight is 349 g/mol. The van der Waals surface area contributed by atoms with Crippen LogP contribution in [0.3, 0.4) is 0 Å². The Balaban J connectivity index is 1.35. The second-order valence-electron chi connectivity index (χ2n) is 7.12. The molecule has 2 aliphatic rings. The van der Waals surface area contributed by atoms with Gasteiger partial charge in [0.2, 0.25) is 5.91 Å². The van der Waals surface area contributed by atoms with Gasteiger partial charge in [0.25, 0.3) is 0 Å². The summed E-state index contributed by atoms with van der Waals surface area (Å²) in [5.74, 6) is 0.372. The summed E-state index contributed by atoms with van der Waals surface area (Å²) in [6, 6.07) is 6.97. The van der Waals surface area contributed by atoms with Gasteiger partial charge in [0.05, 0.1) is 12.7 Å². The van der Waals surface area contributed by atoms with Gasteiger partial charge in [0.15, 0.2) is 0 Å². The summed E-state index contributed by atoms with van der Waals surface area (Å²) in [7, 11) is 0. The summed E-state index contributed by atoms with van der Waals surface area (Å²) in [4.78, 5) is 14.1. The molecule has 1 unspecified atom stereocenters. The first-order valence-corrected chi connectivity index (χ1v) is 9.43. The van der Waals surface area contributed by atoms with Gasteiger partial charge in [-0.1, -0.05) is 18.2 Å². The number of nitrogens with zero attached hydrogens (tertiary/aromatic N) is 1. The standard InChI is InChI=1S/C20H28FNO3/c21-19-7-2-1-5-17(19)13-16-8-10-22(11-9-16)20(23)15-24-14-18-6-3-4-12-25-18/h1-2,5,7,16,18H,3-4,6,8-15H2. The van der Waals surface area contributed by atoms with Gasteiger partial charge in [0, 0.05) is 19.7 Å². The highest BCUT2D eigenvalue weighted by Gasteiger charge is 2.24. The van der Waals surface area contributed by atoms with E-state index in [1.807, 2.05) is 17.0 Å². The van der Waals surface area contributed by atoms with Crippen LogP contribution in [0.25, 0.3) is 0 Å². The Morgan fingerprint density at radius 1 is 1.20 bits per heavy atom. The first-order chi connectivity index (χ1) is 12.2. The van der Waals surface area contributed by atoms with E-state index in [1.54, 1.807) is 6.07 Å². The van der Waals surface area contributed by atoms with Gasteiger partial charge in [0.1, 0.15) is 12.4 Å². The molecular weight excluding hydrogens is 321 g/mol. The van der Waals surface area contributed by atoms with Crippen molar-refractivity contribution in [1.29, 1.82) is 0 Å². The quantitative estimate of drug-likeness (QED) is 0.792. The largest absolute Gasteiger partial charge is 0.376 e. The number of rotatable bonds is 6. The third-order valence-corrected chi connectivity index (χ3v) is 5.24. The predicted molar refractivity (Wildman–Crippen MR) is 93.8 cm³/mol. The van der Waals surface area contributed by atoms with Crippen molar-refractivity contribution in [2.75, 3.05) is 32.9 Å². The summed E-state index contributed by atoms with van der Waals surface area (Å²) in [5, 5.41) is 0. The normalized spacial score (nSPS) is 22.1. The molecule has 0 aromatic heterocycles. The number of hydrogen-bond donors (Lipinski definition) is 0. The maximum absolute atomic E-state index is 13.8. The number of amides is 1. The van der Waals surface area contributed by atoms with E-state index in [2.05, 4.69) is 0 Å². The number of carbonyl (C=O) groups is 1. The van der Waals surface area contributed by atoms with E-state index in [0.717, 1.165) is 57.4 Å². The Hall–Kier alpha value is -1.46. The van der Waals surface area contributed by atoms with Crippen LogP contribution in [0.15, 0.2) is 24.3 Å². The molecule has 1 aromatic rings. The Bertz CT molecular complexity index is 552. The molecule has 2 heterocycles. The topological polar surface area (TPSA) is 38.8 Å². The summed E-state index contributed by atoms with van der Waals surface area (Å²) >= 11 is 0. The first-order valence-electron chi connectivity index (χ1n) is 9.43. The number of carbonyl (C=O) groups excluding carboxylic acids is 1. The number of benzene rings is 1. The Labute approximate surface area is 149 Å². The van der Waals surface area contributed by atoms with E-state index in [1.165, 1.54) is 12.5 Å². The molecule has 0 radical (unpaired) electrons. The van der Waals surface area contributed by atoms with Crippen molar-refractivity contribution in [3.8, 4) is 0 Å². The van der Waals surface area contributed by atoms with E-state index in [9.17, 15) is 9.18 Å². The molecule has 1 aromatic carbocycles. The van der Waals surface area contributed by atoms with Crippen LogP contribution < -0.4 is 0 Å². The van der Waals surface area contributed by atoms with Crippen LogP contribution in [0.2, 0.25) is 0 Å². The van der Waals surface area contributed by atoms with Crippen molar-refractivity contribution in [3.05, 3.63) is 35.6 Å². The van der Waals surface area contributed by atoms with Gasteiger partial charge in [-0.05, 0) is 56.1 Å². The molecule has 2 saturated heterocycles. The predicted octanol–water partition coefficient (Wildman–Crippen LogP) is 3.19. The molecule has 4 nitrogen and oxygen atoms in total. The fourth-order valence-corrected chi connectivity index (χ4v) is 3.67. The monoisotopic (exact) mass is 349 g/mol. The van der Waals surface area contributed by atoms with Crippen LogP contribution in [-0.4, -0.2) is 49.8 Å². The van der Waals surface area contributed by atoms with Crippen molar-refractivity contribution in [2.24, 2.45) is 5.92 Å². The Kier molecular flexibility index (Phi) is 6.82. The highest BCUT2D eigenvalue weighted by atomic mass is 19.1. The molecule has 25 heavy (non-hydrogen) atoms. The minimum absolute atomic E-state index is 0.0557. The van der Waals surface area contributed by atoms with Crippen molar-refractivity contribution < 1.29 is 18.7 Å². The van der Waals surface area contributed by atoms with E-state index < -0.39 is 0 Å². The number of likely N-dealkylation sites (tertiary alicyclic amines) is 1. The SMILES string of the molecule is O=C(COCC1CCCCO1)N1CCC(Cc2ccccc2F)CC1. The lowest BCUT2D eigenvalue weighted by Gasteiger charge is -2.32. The molecule has 0 saturated carbocycles. The van der Waals surface area contributed by atoms with Gasteiger partial charge in [-0.25, -0.2) is 4.39 Å². The van der Waals surface area contributed by atoms with Crippen LogP contribution in [0.4, 0.5) is 4.39 Å². The van der Waals surface area contributed by atoms with Crippen molar-refractivity contribution in [3.63, 3.8) is 0 Å². The molecule has 0 spiro atoms. The molecule has 0 N–H and O–H groups in total. The first kappa shape index (κ1) is 18.3. The summed E-state index contributed by atoms with van der Waals surface area (Å²) in [6.45, 7) is 2.92. The second kappa shape index (κ2) is 9.30. The van der Waals surface area contributed by atoms with Gasteiger partial charge in [-0.15, -0.1) is 0 Å². The van der Waals surface area contributed by atoms with Crippen molar-refractivity contribution in [2.45, 2.75) is 44.6 Å². The molecule has 2 aliphatic heterocycles. The summed E-state index contributed by atoms with van der Waals surface area (Å²) in [6.07, 6.45) is 6.07. The summed E-state index contributed by atoms with van der Waals surface area (Å²) < 4.78 is 24.9. The van der Waals surface area contributed by atoms with Crippen molar-refractivity contribution in [1.82, 2.24) is 4.90 Å². The zero-order valence-electron chi connectivity index (χ0n) is 14.8. The highest BCUT2D eigenvalue weighted by molar-refractivity contribution is 5.77.